The van der Waals surface area contributed by atoms with Gasteiger partial charge in [0, 0.05) is 11.4 Å². The molecule has 1 saturated carbocycles. The molecule has 0 saturated heterocycles. The maximum atomic E-state index is 13.3. The average Bonchev–Trinajstić information content (AvgIpc) is 2.64. The number of para-hydroxylation sites is 1. The molecular formula is C20H14ClF3N4O. The van der Waals surface area contributed by atoms with E-state index in [1.165, 1.54) is 6.07 Å². The van der Waals surface area contributed by atoms with Crippen molar-refractivity contribution in [2.24, 2.45) is 5.92 Å². The molecule has 5 nitrogen and oxygen atoms in total. The number of halogens is 4. The van der Waals surface area contributed by atoms with Crippen LogP contribution < -0.4 is 11.0 Å². The van der Waals surface area contributed by atoms with Crippen molar-refractivity contribution in [1.82, 2.24) is 9.55 Å². The van der Waals surface area contributed by atoms with E-state index in [9.17, 15) is 18.0 Å². The van der Waals surface area contributed by atoms with E-state index < -0.39 is 17.4 Å². The third-order valence-corrected chi connectivity index (χ3v) is 5.29. The molecule has 3 aromatic rings. The number of hydrogen-bond donors (Lipinski definition) is 1. The highest BCUT2D eigenvalue weighted by Gasteiger charge is 2.32. The Bertz CT molecular complexity index is 1190. The van der Waals surface area contributed by atoms with Gasteiger partial charge in [0.1, 0.15) is 5.82 Å². The van der Waals surface area contributed by atoms with Gasteiger partial charge in [0.05, 0.1) is 33.8 Å². The van der Waals surface area contributed by atoms with Gasteiger partial charge in [0.2, 0.25) is 0 Å². The van der Waals surface area contributed by atoms with Crippen molar-refractivity contribution in [2.75, 3.05) is 5.32 Å². The topological polar surface area (TPSA) is 70.7 Å². The molecule has 1 aromatic heterocycles. The van der Waals surface area contributed by atoms with Crippen molar-refractivity contribution in [3.63, 3.8) is 0 Å². The van der Waals surface area contributed by atoms with Crippen LogP contribution in [0.15, 0.2) is 47.3 Å². The Morgan fingerprint density at radius 2 is 1.93 bits per heavy atom. The van der Waals surface area contributed by atoms with Crippen LogP contribution in [0.3, 0.4) is 0 Å². The van der Waals surface area contributed by atoms with E-state index in [0.717, 1.165) is 16.7 Å². The lowest BCUT2D eigenvalue weighted by Crippen LogP contribution is -2.36. The van der Waals surface area contributed by atoms with Gasteiger partial charge in [-0.05, 0) is 43.2 Å². The molecule has 0 atom stereocenters. The molecule has 0 spiro atoms. The SMILES string of the molecule is N#CC1CC(Nc2nc(=O)n(-c3ccccc3Cl)c3cc(C(F)(F)F)ccc23)C1. The number of nitriles is 1. The first-order valence-corrected chi connectivity index (χ1v) is 9.21. The first kappa shape index (κ1) is 19.3. The minimum absolute atomic E-state index is 0.0478. The summed E-state index contributed by atoms with van der Waals surface area (Å²) in [5.74, 6) is 0.127. The third kappa shape index (κ3) is 3.54. The van der Waals surface area contributed by atoms with Gasteiger partial charge in [0.15, 0.2) is 0 Å². The molecule has 1 N–H and O–H groups in total. The predicted molar refractivity (Wildman–Crippen MR) is 103 cm³/mol. The van der Waals surface area contributed by atoms with Crippen molar-refractivity contribution < 1.29 is 13.2 Å². The lowest BCUT2D eigenvalue weighted by molar-refractivity contribution is -0.137. The number of anilines is 1. The molecule has 1 heterocycles. The quantitative estimate of drug-likeness (QED) is 0.665. The Morgan fingerprint density at radius 3 is 2.59 bits per heavy atom. The number of alkyl halides is 3. The van der Waals surface area contributed by atoms with E-state index in [1.807, 2.05) is 0 Å². The fourth-order valence-electron chi connectivity index (χ4n) is 3.41. The smallest absolute Gasteiger partial charge is 0.367 e. The van der Waals surface area contributed by atoms with Gasteiger partial charge in [-0.2, -0.15) is 23.4 Å². The Balaban J connectivity index is 1.92. The van der Waals surface area contributed by atoms with E-state index >= 15 is 0 Å². The summed E-state index contributed by atoms with van der Waals surface area (Å²) in [5, 5.41) is 12.6. The highest BCUT2D eigenvalue weighted by Crippen LogP contribution is 2.35. The normalized spacial score (nSPS) is 18.9. The van der Waals surface area contributed by atoms with Gasteiger partial charge >= 0.3 is 11.9 Å². The molecule has 0 amide bonds. The van der Waals surface area contributed by atoms with E-state index in [4.69, 9.17) is 16.9 Å². The van der Waals surface area contributed by atoms with Crippen molar-refractivity contribution in [2.45, 2.75) is 25.1 Å². The molecule has 29 heavy (non-hydrogen) atoms. The van der Waals surface area contributed by atoms with Crippen LogP contribution in [0, 0.1) is 17.2 Å². The molecule has 0 radical (unpaired) electrons. The summed E-state index contributed by atoms with van der Waals surface area (Å²) in [7, 11) is 0. The van der Waals surface area contributed by atoms with Crippen LogP contribution in [0.4, 0.5) is 19.0 Å². The van der Waals surface area contributed by atoms with Crippen LogP contribution in [-0.4, -0.2) is 15.6 Å². The summed E-state index contributed by atoms with van der Waals surface area (Å²) in [4.78, 5) is 16.9. The number of benzene rings is 2. The molecule has 2 aromatic carbocycles. The predicted octanol–water partition coefficient (Wildman–Crippen LogP) is 4.77. The first-order valence-electron chi connectivity index (χ1n) is 8.83. The van der Waals surface area contributed by atoms with Gasteiger partial charge in [-0.25, -0.2) is 4.79 Å². The van der Waals surface area contributed by atoms with Gasteiger partial charge in [0.25, 0.3) is 0 Å². The summed E-state index contributed by atoms with van der Waals surface area (Å²) >= 11 is 6.19. The van der Waals surface area contributed by atoms with Crippen molar-refractivity contribution >= 4 is 28.3 Å². The number of nitrogens with one attached hydrogen (secondary N) is 1. The second kappa shape index (κ2) is 7.08. The zero-order valence-corrected chi connectivity index (χ0v) is 15.6. The van der Waals surface area contributed by atoms with E-state index in [2.05, 4.69) is 16.4 Å². The van der Waals surface area contributed by atoms with Crippen LogP contribution in [0.5, 0.6) is 0 Å². The largest absolute Gasteiger partial charge is 0.416 e. The summed E-state index contributed by atoms with van der Waals surface area (Å²) in [5.41, 5.74) is -1.33. The van der Waals surface area contributed by atoms with Gasteiger partial charge in [-0.1, -0.05) is 23.7 Å². The lowest BCUT2D eigenvalue weighted by atomic mass is 9.81. The van der Waals surface area contributed by atoms with Crippen LogP contribution in [-0.2, 0) is 6.18 Å². The molecule has 1 aliphatic rings. The van der Waals surface area contributed by atoms with Gasteiger partial charge in [-0.15, -0.1) is 0 Å². The fraction of sp³-hybridized carbons (Fsp3) is 0.250. The molecule has 148 valence electrons. The number of hydrogen-bond acceptors (Lipinski definition) is 4. The van der Waals surface area contributed by atoms with Crippen molar-refractivity contribution in [1.29, 1.82) is 5.26 Å². The van der Waals surface area contributed by atoms with Crippen LogP contribution in [0.2, 0.25) is 5.02 Å². The highest BCUT2D eigenvalue weighted by atomic mass is 35.5. The zero-order chi connectivity index (χ0) is 20.8. The van der Waals surface area contributed by atoms with E-state index in [1.54, 1.807) is 24.3 Å². The van der Waals surface area contributed by atoms with Crippen LogP contribution >= 0.6 is 11.6 Å². The van der Waals surface area contributed by atoms with E-state index in [-0.39, 0.29) is 34.0 Å². The van der Waals surface area contributed by atoms with Crippen molar-refractivity contribution in [3.8, 4) is 11.8 Å². The maximum Gasteiger partial charge on any atom is 0.416 e. The number of nitrogens with zero attached hydrogens (tertiary/aromatic N) is 3. The zero-order valence-electron chi connectivity index (χ0n) is 14.9. The van der Waals surface area contributed by atoms with Crippen molar-refractivity contribution in [3.05, 3.63) is 63.5 Å². The van der Waals surface area contributed by atoms with Crippen LogP contribution in [0.1, 0.15) is 18.4 Å². The molecule has 0 aliphatic heterocycles. The standard InChI is InChI=1S/C20H14ClF3N4O/c21-15-3-1-2-4-16(15)28-17-9-12(20(22,23)24)5-6-14(17)18(27-19(28)29)26-13-7-11(8-13)10-25/h1-6,9,11,13H,7-8H2,(H,26,27,29). The first-order chi connectivity index (χ1) is 13.8. The Labute approximate surface area is 168 Å². The molecule has 1 aliphatic carbocycles. The fourth-order valence-corrected chi connectivity index (χ4v) is 3.63. The molecule has 0 unspecified atom stereocenters. The molecule has 4 rings (SSSR count). The summed E-state index contributed by atoms with van der Waals surface area (Å²) in [6.07, 6.45) is -3.39. The summed E-state index contributed by atoms with van der Waals surface area (Å²) < 4.78 is 41.0. The van der Waals surface area contributed by atoms with Gasteiger partial charge in [-0.3, -0.25) is 4.57 Å². The third-order valence-electron chi connectivity index (χ3n) is 4.97. The second-order valence-electron chi connectivity index (χ2n) is 6.90. The van der Waals surface area contributed by atoms with Gasteiger partial charge < -0.3 is 5.32 Å². The second-order valence-corrected chi connectivity index (χ2v) is 7.31. The Kier molecular flexibility index (Phi) is 4.71. The Morgan fingerprint density at radius 1 is 1.21 bits per heavy atom. The highest BCUT2D eigenvalue weighted by molar-refractivity contribution is 6.32. The molecule has 0 bridgehead atoms. The average molecular weight is 419 g/mol. The Hall–Kier alpha value is -3.05. The maximum absolute atomic E-state index is 13.3. The van der Waals surface area contributed by atoms with Crippen LogP contribution in [0.25, 0.3) is 16.6 Å². The molecule has 9 heteroatoms. The molecular weight excluding hydrogens is 405 g/mol. The minimum atomic E-state index is -4.57. The monoisotopic (exact) mass is 418 g/mol. The minimum Gasteiger partial charge on any atom is -0.367 e. The van der Waals surface area contributed by atoms with E-state index in [0.29, 0.717) is 18.2 Å². The number of aromatic nitrogens is 2. The summed E-state index contributed by atoms with van der Waals surface area (Å²) in [6.45, 7) is 0. The lowest BCUT2D eigenvalue weighted by Gasteiger charge is -2.32. The molecule has 1 fully saturated rings. The number of fused-ring (bicyclic) bond motifs is 1. The number of rotatable bonds is 3. The summed E-state index contributed by atoms with van der Waals surface area (Å²) in [6, 6.07) is 11.7.